The van der Waals surface area contributed by atoms with E-state index in [-0.39, 0.29) is 17.6 Å². The number of morpholine rings is 1. The summed E-state index contributed by atoms with van der Waals surface area (Å²) in [5, 5.41) is 19.0. The number of nitrogens with one attached hydrogen (secondary N) is 1. The predicted molar refractivity (Wildman–Crippen MR) is 203 cm³/mol. The number of anilines is 2. The molecule has 5 heterocycles. The molecule has 2 aromatic carbocycles. The fourth-order valence-electron chi connectivity index (χ4n) is 8.32. The fraction of sp³-hybridized carbons (Fsp3) is 0.425. The Kier molecular flexibility index (Phi) is 10.0. The lowest BCUT2D eigenvalue weighted by Gasteiger charge is -2.34. The lowest BCUT2D eigenvalue weighted by Crippen LogP contribution is -2.38. The van der Waals surface area contributed by atoms with E-state index in [0.717, 1.165) is 71.9 Å². The van der Waals surface area contributed by atoms with Crippen LogP contribution in [-0.2, 0) is 17.7 Å². The molecule has 1 unspecified atom stereocenters. The van der Waals surface area contributed by atoms with Gasteiger partial charge in [0.1, 0.15) is 5.82 Å². The zero-order valence-electron chi connectivity index (χ0n) is 29.6. The Morgan fingerprint density at radius 2 is 1.81 bits per heavy atom. The molecular weight excluding hydrogens is 675 g/mol. The molecule has 2 fully saturated rings. The standard InChI is InChI=1S/C40H45N7O4S/c1-26-31(24-41-47(26)34(28-8-3-2-4-9-28)17-18-45-20-22-51-23-21-45)29-14-15-36(43-37(29)39(49)50)46-19-16-27-10-7-11-30(32(27)25-46)38(48)44-40-42-33-12-5-6-13-35(33)52-40/h5-7,10-15,24,28,34H,2-4,8-9,16-23,25H2,1H3,(H,49,50)(H,42,44,48). The van der Waals surface area contributed by atoms with Gasteiger partial charge >= 0.3 is 5.97 Å². The van der Waals surface area contributed by atoms with Crippen molar-refractivity contribution in [2.45, 2.75) is 64.5 Å². The minimum Gasteiger partial charge on any atom is -0.476 e. The summed E-state index contributed by atoms with van der Waals surface area (Å²) in [6.45, 7) is 7.65. The number of thiazole rings is 1. The number of carboxylic acid groups (broad SMARTS) is 1. The number of carbonyl (C=O) groups excluding carboxylic acids is 1. The second-order valence-electron chi connectivity index (χ2n) is 14.2. The maximum atomic E-state index is 13.6. The second-order valence-corrected chi connectivity index (χ2v) is 15.3. The largest absolute Gasteiger partial charge is 0.476 e. The maximum Gasteiger partial charge on any atom is 0.355 e. The van der Waals surface area contributed by atoms with Crippen LogP contribution in [0.4, 0.5) is 10.9 Å². The van der Waals surface area contributed by atoms with Crippen LogP contribution in [0.15, 0.2) is 60.8 Å². The number of hydrogen-bond donors (Lipinski definition) is 2. The molecule has 1 saturated heterocycles. The van der Waals surface area contributed by atoms with Crippen LogP contribution < -0.4 is 10.2 Å². The number of carboxylic acids is 1. The van der Waals surface area contributed by atoms with Crippen molar-refractivity contribution in [3.05, 3.63) is 88.9 Å². The first-order chi connectivity index (χ1) is 25.4. The molecule has 1 atom stereocenters. The maximum absolute atomic E-state index is 13.6. The first kappa shape index (κ1) is 34.4. The molecule has 52 heavy (non-hydrogen) atoms. The van der Waals surface area contributed by atoms with Gasteiger partial charge in [-0.15, -0.1) is 0 Å². The average Bonchev–Trinajstić information content (AvgIpc) is 3.77. The number of hydrogen-bond acceptors (Lipinski definition) is 9. The number of amides is 1. The molecule has 5 aromatic rings. The Balaban J connectivity index is 1.04. The molecule has 2 N–H and O–H groups in total. The topological polar surface area (TPSA) is 126 Å². The van der Waals surface area contributed by atoms with E-state index >= 15 is 0 Å². The van der Waals surface area contributed by atoms with Crippen molar-refractivity contribution in [2.24, 2.45) is 5.92 Å². The number of ether oxygens (including phenoxy) is 1. The summed E-state index contributed by atoms with van der Waals surface area (Å²) >= 11 is 1.45. The lowest BCUT2D eigenvalue weighted by atomic mass is 9.82. The van der Waals surface area contributed by atoms with Crippen LogP contribution in [0, 0.1) is 12.8 Å². The number of carbonyl (C=O) groups is 2. The summed E-state index contributed by atoms with van der Waals surface area (Å²) in [6.07, 6.45) is 9.73. The van der Waals surface area contributed by atoms with Crippen LogP contribution in [0.2, 0.25) is 0 Å². The van der Waals surface area contributed by atoms with Crippen molar-refractivity contribution >= 4 is 44.4 Å². The Bertz CT molecular complexity index is 2050. The first-order valence-corrected chi connectivity index (χ1v) is 19.4. The van der Waals surface area contributed by atoms with Gasteiger partial charge in [-0.3, -0.25) is 19.7 Å². The third-order valence-corrected chi connectivity index (χ3v) is 12.1. The third-order valence-electron chi connectivity index (χ3n) is 11.1. The molecule has 1 saturated carbocycles. The summed E-state index contributed by atoms with van der Waals surface area (Å²) in [5.41, 5.74) is 5.82. The molecule has 8 rings (SSSR count). The van der Waals surface area contributed by atoms with Crippen molar-refractivity contribution in [1.29, 1.82) is 0 Å². The van der Waals surface area contributed by atoms with Gasteiger partial charge in [-0.1, -0.05) is 54.9 Å². The molecule has 0 spiro atoms. The van der Waals surface area contributed by atoms with Crippen molar-refractivity contribution in [3.63, 3.8) is 0 Å². The number of nitrogens with zero attached hydrogens (tertiary/aromatic N) is 6. The van der Waals surface area contributed by atoms with Gasteiger partial charge in [0.15, 0.2) is 10.8 Å². The van der Waals surface area contributed by atoms with Crippen LogP contribution in [0.25, 0.3) is 21.3 Å². The summed E-state index contributed by atoms with van der Waals surface area (Å²) in [7, 11) is 0. The predicted octanol–water partition coefficient (Wildman–Crippen LogP) is 7.22. The lowest BCUT2D eigenvalue weighted by molar-refractivity contribution is 0.0333. The molecule has 12 heteroatoms. The molecule has 1 aliphatic carbocycles. The highest BCUT2D eigenvalue weighted by Gasteiger charge is 2.30. The molecule has 3 aliphatic rings. The van der Waals surface area contributed by atoms with Crippen molar-refractivity contribution in [2.75, 3.05) is 49.6 Å². The highest BCUT2D eigenvalue weighted by Crippen LogP contribution is 2.38. The number of aromatic nitrogens is 4. The van der Waals surface area contributed by atoms with Gasteiger partial charge in [-0.2, -0.15) is 5.10 Å². The smallest absolute Gasteiger partial charge is 0.355 e. The quantitative estimate of drug-likeness (QED) is 0.154. The molecule has 11 nitrogen and oxygen atoms in total. The summed E-state index contributed by atoms with van der Waals surface area (Å²) in [6, 6.07) is 17.7. The highest BCUT2D eigenvalue weighted by molar-refractivity contribution is 7.22. The van der Waals surface area contributed by atoms with Crippen molar-refractivity contribution < 1.29 is 19.4 Å². The van der Waals surface area contributed by atoms with Crippen LogP contribution in [-0.4, -0.2) is 81.0 Å². The first-order valence-electron chi connectivity index (χ1n) is 18.5. The molecular formula is C40H45N7O4S. The Morgan fingerprint density at radius 3 is 2.62 bits per heavy atom. The fourth-order valence-corrected chi connectivity index (χ4v) is 9.18. The Morgan fingerprint density at radius 1 is 0.981 bits per heavy atom. The number of benzene rings is 2. The normalized spacial score (nSPS) is 17.6. The molecule has 1 amide bonds. The third kappa shape index (κ3) is 7.07. The molecule has 2 aliphatic heterocycles. The van der Waals surface area contributed by atoms with Gasteiger partial charge in [-0.25, -0.2) is 14.8 Å². The number of pyridine rings is 1. The van der Waals surface area contributed by atoms with Crippen LogP contribution >= 0.6 is 11.3 Å². The van der Waals surface area contributed by atoms with Gasteiger partial charge in [-0.05, 0) is 80.0 Å². The van der Waals surface area contributed by atoms with E-state index in [2.05, 4.69) is 37.8 Å². The van der Waals surface area contributed by atoms with E-state index in [1.54, 1.807) is 0 Å². The Hall–Kier alpha value is -4.65. The Labute approximate surface area is 307 Å². The SMILES string of the molecule is Cc1c(-c2ccc(N3CCc4cccc(C(=O)Nc5nc6ccccc6s5)c4C3)nc2C(=O)O)cnn1C(CCN1CCOCC1)C1CCCCC1. The van der Waals surface area contributed by atoms with Gasteiger partial charge in [0.25, 0.3) is 5.91 Å². The molecule has 0 radical (unpaired) electrons. The van der Waals surface area contributed by atoms with E-state index in [0.29, 0.717) is 47.5 Å². The number of fused-ring (bicyclic) bond motifs is 2. The van der Waals surface area contributed by atoms with Gasteiger partial charge in [0.2, 0.25) is 0 Å². The summed E-state index contributed by atoms with van der Waals surface area (Å²) in [5.74, 6) is -0.163. The van der Waals surface area contributed by atoms with Crippen molar-refractivity contribution in [3.8, 4) is 11.1 Å². The summed E-state index contributed by atoms with van der Waals surface area (Å²) < 4.78 is 8.77. The van der Waals surface area contributed by atoms with Gasteiger partial charge in [0, 0.05) is 55.1 Å². The van der Waals surface area contributed by atoms with E-state index in [9.17, 15) is 14.7 Å². The zero-order chi connectivity index (χ0) is 35.6. The van der Waals surface area contributed by atoms with E-state index < -0.39 is 5.97 Å². The minimum absolute atomic E-state index is 0.00958. The van der Waals surface area contributed by atoms with E-state index in [1.165, 1.54) is 43.4 Å². The number of rotatable bonds is 10. The zero-order valence-corrected chi connectivity index (χ0v) is 30.4. The second kappa shape index (κ2) is 15.1. The van der Waals surface area contributed by atoms with Gasteiger partial charge < -0.3 is 14.7 Å². The van der Waals surface area contributed by atoms with Crippen molar-refractivity contribution in [1.82, 2.24) is 24.6 Å². The average molecular weight is 720 g/mol. The molecule has 0 bridgehead atoms. The summed E-state index contributed by atoms with van der Waals surface area (Å²) in [4.78, 5) is 40.3. The number of aromatic carboxylic acids is 1. The highest BCUT2D eigenvalue weighted by atomic mass is 32.1. The van der Waals surface area contributed by atoms with Gasteiger partial charge in [0.05, 0.1) is 35.7 Å². The van der Waals surface area contributed by atoms with E-state index in [4.69, 9.17) is 14.8 Å². The van der Waals surface area contributed by atoms with Crippen LogP contribution in [0.3, 0.4) is 0 Å². The van der Waals surface area contributed by atoms with Crippen LogP contribution in [0.1, 0.15) is 82.2 Å². The van der Waals surface area contributed by atoms with Crippen LogP contribution in [0.5, 0.6) is 0 Å². The van der Waals surface area contributed by atoms with E-state index in [1.807, 2.05) is 54.7 Å². The molecule has 3 aromatic heterocycles. The molecule has 270 valence electrons. The number of para-hydroxylation sites is 1. The monoisotopic (exact) mass is 719 g/mol. The minimum atomic E-state index is -1.08.